The lowest BCUT2D eigenvalue weighted by Crippen LogP contribution is -2.21. The first-order valence-electron chi connectivity index (χ1n) is 6.55. The minimum atomic E-state index is 0.394. The molecule has 0 radical (unpaired) electrons. The highest BCUT2D eigenvalue weighted by atomic mass is 15.3. The summed E-state index contributed by atoms with van der Waals surface area (Å²) in [5.74, 6) is 0. The second kappa shape index (κ2) is 5.25. The van der Waals surface area contributed by atoms with Gasteiger partial charge in [-0.15, -0.1) is 0 Å². The fourth-order valence-electron chi connectivity index (χ4n) is 2.61. The molecule has 1 saturated heterocycles. The summed E-state index contributed by atoms with van der Waals surface area (Å²) in [4.78, 5) is 2.44. The van der Waals surface area contributed by atoms with E-state index in [0.29, 0.717) is 11.6 Å². The van der Waals surface area contributed by atoms with E-state index in [9.17, 15) is 0 Å². The largest absolute Gasteiger partial charge is 0.297 e. The molecule has 2 aromatic rings. The molecule has 3 rings (SSSR count). The summed E-state index contributed by atoms with van der Waals surface area (Å²) >= 11 is 0. The summed E-state index contributed by atoms with van der Waals surface area (Å²) < 4.78 is 1.93. The first-order chi connectivity index (χ1) is 9.35. The second-order valence-corrected chi connectivity index (χ2v) is 4.98. The molecule has 1 aromatic heterocycles. The van der Waals surface area contributed by atoms with Gasteiger partial charge in [-0.1, -0.05) is 30.3 Å². The summed E-state index contributed by atoms with van der Waals surface area (Å²) in [6, 6.07) is 13.0. The van der Waals surface area contributed by atoms with Crippen LogP contribution in [0.2, 0.25) is 0 Å². The average Bonchev–Trinajstić information content (AvgIpc) is 3.08. The molecule has 1 aliphatic heterocycles. The van der Waals surface area contributed by atoms with Gasteiger partial charge in [0.05, 0.1) is 17.8 Å². The molecule has 0 bridgehead atoms. The van der Waals surface area contributed by atoms with E-state index in [1.54, 1.807) is 6.20 Å². The standard InChI is InChI=1S/C15H16N4/c16-8-14-9-17-19(11-14)15-6-7-18(12-15)10-13-4-2-1-3-5-13/h1-5,9,11,15H,6-7,10,12H2. The van der Waals surface area contributed by atoms with E-state index < -0.39 is 0 Å². The van der Waals surface area contributed by atoms with Crippen LogP contribution in [0.3, 0.4) is 0 Å². The number of hydrogen-bond acceptors (Lipinski definition) is 3. The molecule has 0 spiro atoms. The SMILES string of the molecule is N#Cc1cnn(C2CCN(Cc3ccccc3)C2)c1. The highest BCUT2D eigenvalue weighted by Gasteiger charge is 2.24. The van der Waals surface area contributed by atoms with E-state index in [4.69, 9.17) is 5.26 Å². The van der Waals surface area contributed by atoms with Crippen molar-refractivity contribution < 1.29 is 0 Å². The minimum Gasteiger partial charge on any atom is -0.297 e. The van der Waals surface area contributed by atoms with Crippen LogP contribution in [-0.4, -0.2) is 27.8 Å². The van der Waals surface area contributed by atoms with Crippen LogP contribution in [0.25, 0.3) is 0 Å². The summed E-state index contributed by atoms with van der Waals surface area (Å²) in [7, 11) is 0. The predicted molar refractivity (Wildman–Crippen MR) is 72.3 cm³/mol. The van der Waals surface area contributed by atoms with Gasteiger partial charge < -0.3 is 0 Å². The van der Waals surface area contributed by atoms with Gasteiger partial charge in [-0.3, -0.25) is 9.58 Å². The Hall–Kier alpha value is -2.12. The van der Waals surface area contributed by atoms with E-state index in [2.05, 4.69) is 40.3 Å². The van der Waals surface area contributed by atoms with E-state index >= 15 is 0 Å². The molecule has 1 atom stereocenters. The van der Waals surface area contributed by atoms with E-state index in [0.717, 1.165) is 26.1 Å². The zero-order chi connectivity index (χ0) is 13.1. The van der Waals surface area contributed by atoms with Gasteiger partial charge in [0.2, 0.25) is 0 Å². The van der Waals surface area contributed by atoms with Crippen molar-refractivity contribution in [2.75, 3.05) is 13.1 Å². The molecular weight excluding hydrogens is 236 g/mol. The van der Waals surface area contributed by atoms with Crippen molar-refractivity contribution in [3.63, 3.8) is 0 Å². The Labute approximate surface area is 112 Å². The summed E-state index contributed by atoms with van der Waals surface area (Å²) in [5.41, 5.74) is 1.99. The Kier molecular flexibility index (Phi) is 3.30. The number of rotatable bonds is 3. The smallest absolute Gasteiger partial charge is 0.102 e. The second-order valence-electron chi connectivity index (χ2n) is 4.98. The first kappa shape index (κ1) is 11.9. The molecule has 0 aliphatic carbocycles. The maximum atomic E-state index is 8.83. The molecule has 96 valence electrons. The summed E-state index contributed by atoms with van der Waals surface area (Å²) in [6.07, 6.45) is 4.58. The number of hydrogen-bond donors (Lipinski definition) is 0. The average molecular weight is 252 g/mol. The van der Waals surface area contributed by atoms with Crippen molar-refractivity contribution in [3.05, 3.63) is 53.9 Å². The van der Waals surface area contributed by atoms with Crippen LogP contribution in [0.15, 0.2) is 42.7 Å². The monoisotopic (exact) mass is 252 g/mol. The third kappa shape index (κ3) is 2.67. The Morgan fingerprint density at radius 1 is 1.32 bits per heavy atom. The Morgan fingerprint density at radius 2 is 2.16 bits per heavy atom. The van der Waals surface area contributed by atoms with Crippen LogP contribution in [-0.2, 0) is 6.54 Å². The highest BCUT2D eigenvalue weighted by Crippen LogP contribution is 2.22. The summed E-state index contributed by atoms with van der Waals surface area (Å²) in [5, 5.41) is 13.1. The fourth-order valence-corrected chi connectivity index (χ4v) is 2.61. The van der Waals surface area contributed by atoms with Crippen molar-refractivity contribution >= 4 is 0 Å². The van der Waals surface area contributed by atoms with Crippen LogP contribution < -0.4 is 0 Å². The van der Waals surface area contributed by atoms with Gasteiger partial charge in [-0.25, -0.2) is 0 Å². The third-order valence-electron chi connectivity index (χ3n) is 3.60. The fraction of sp³-hybridized carbons (Fsp3) is 0.333. The Balaban J connectivity index is 1.63. The molecule has 2 heterocycles. The van der Waals surface area contributed by atoms with Gasteiger partial charge in [0.25, 0.3) is 0 Å². The van der Waals surface area contributed by atoms with E-state index in [1.165, 1.54) is 5.56 Å². The topological polar surface area (TPSA) is 44.9 Å². The molecule has 1 aliphatic rings. The van der Waals surface area contributed by atoms with Crippen molar-refractivity contribution in [1.82, 2.24) is 14.7 Å². The van der Waals surface area contributed by atoms with E-state index in [1.807, 2.05) is 16.9 Å². The molecule has 0 saturated carbocycles. The predicted octanol–water partition coefficient (Wildman–Crippen LogP) is 2.20. The van der Waals surface area contributed by atoms with Crippen molar-refractivity contribution in [3.8, 4) is 6.07 Å². The van der Waals surface area contributed by atoms with E-state index in [-0.39, 0.29) is 0 Å². The van der Waals surface area contributed by atoms with Crippen LogP contribution in [0.1, 0.15) is 23.6 Å². The molecule has 4 heteroatoms. The van der Waals surface area contributed by atoms with Gasteiger partial charge >= 0.3 is 0 Å². The zero-order valence-electron chi connectivity index (χ0n) is 10.7. The number of benzene rings is 1. The zero-order valence-corrected chi connectivity index (χ0v) is 10.7. The first-order valence-corrected chi connectivity index (χ1v) is 6.55. The lowest BCUT2D eigenvalue weighted by atomic mass is 10.2. The van der Waals surface area contributed by atoms with Gasteiger partial charge in [0.1, 0.15) is 6.07 Å². The van der Waals surface area contributed by atoms with Crippen LogP contribution in [0.4, 0.5) is 0 Å². The van der Waals surface area contributed by atoms with Gasteiger partial charge in [0, 0.05) is 25.8 Å². The molecule has 0 N–H and O–H groups in total. The molecule has 4 nitrogen and oxygen atoms in total. The molecule has 0 amide bonds. The number of nitriles is 1. The number of nitrogens with zero attached hydrogens (tertiary/aromatic N) is 4. The van der Waals surface area contributed by atoms with Crippen LogP contribution in [0.5, 0.6) is 0 Å². The minimum absolute atomic E-state index is 0.394. The molecule has 1 unspecified atom stereocenters. The van der Waals surface area contributed by atoms with Gasteiger partial charge in [-0.05, 0) is 12.0 Å². The number of aromatic nitrogens is 2. The van der Waals surface area contributed by atoms with Crippen molar-refractivity contribution in [2.24, 2.45) is 0 Å². The van der Waals surface area contributed by atoms with Crippen LogP contribution >= 0.6 is 0 Å². The molecule has 19 heavy (non-hydrogen) atoms. The summed E-state index contributed by atoms with van der Waals surface area (Å²) in [6.45, 7) is 3.08. The lowest BCUT2D eigenvalue weighted by molar-refractivity contribution is 0.311. The van der Waals surface area contributed by atoms with Gasteiger partial charge in [-0.2, -0.15) is 10.4 Å². The normalized spacial score (nSPS) is 19.4. The maximum absolute atomic E-state index is 8.83. The Bertz CT molecular complexity index is 582. The molecular formula is C15H16N4. The number of likely N-dealkylation sites (tertiary alicyclic amines) is 1. The van der Waals surface area contributed by atoms with Crippen molar-refractivity contribution in [2.45, 2.75) is 19.0 Å². The quantitative estimate of drug-likeness (QED) is 0.841. The third-order valence-corrected chi connectivity index (χ3v) is 3.60. The molecule has 1 fully saturated rings. The van der Waals surface area contributed by atoms with Crippen LogP contribution in [0, 0.1) is 11.3 Å². The van der Waals surface area contributed by atoms with Crippen molar-refractivity contribution in [1.29, 1.82) is 5.26 Å². The lowest BCUT2D eigenvalue weighted by Gasteiger charge is -2.16. The maximum Gasteiger partial charge on any atom is 0.102 e. The Morgan fingerprint density at radius 3 is 2.89 bits per heavy atom. The van der Waals surface area contributed by atoms with Gasteiger partial charge in [0.15, 0.2) is 0 Å². The highest BCUT2D eigenvalue weighted by molar-refractivity contribution is 5.22. The molecule has 1 aromatic carbocycles.